The highest BCUT2D eigenvalue weighted by Crippen LogP contribution is 2.32. The molecule has 6 heteroatoms. The molecule has 4 nitrogen and oxygen atoms in total. The summed E-state index contributed by atoms with van der Waals surface area (Å²) < 4.78 is 1.07. The maximum atomic E-state index is 12.7. The van der Waals surface area contributed by atoms with Gasteiger partial charge in [-0.2, -0.15) is 0 Å². The number of anilines is 2. The minimum absolute atomic E-state index is 0.0642. The summed E-state index contributed by atoms with van der Waals surface area (Å²) in [5.41, 5.74) is 3.70. The first-order chi connectivity index (χ1) is 11.5. The zero-order valence-corrected chi connectivity index (χ0v) is 15.8. The minimum Gasteiger partial charge on any atom is -0.323 e. The van der Waals surface area contributed by atoms with Crippen LogP contribution in [0.5, 0.6) is 0 Å². The predicted octanol–water partition coefficient (Wildman–Crippen LogP) is 4.14. The molecule has 0 unspecified atom stereocenters. The van der Waals surface area contributed by atoms with Crippen LogP contribution in [-0.2, 0) is 9.59 Å². The summed E-state index contributed by atoms with van der Waals surface area (Å²) in [5.74, 6) is 0.0637. The Morgan fingerprint density at radius 3 is 2.79 bits per heavy atom. The number of carbonyl (C=O) groups is 2. The van der Waals surface area contributed by atoms with Gasteiger partial charge in [0.25, 0.3) is 0 Å². The van der Waals surface area contributed by atoms with Crippen LogP contribution >= 0.6 is 27.7 Å². The van der Waals surface area contributed by atoms with Gasteiger partial charge in [0.1, 0.15) is 6.54 Å². The van der Waals surface area contributed by atoms with E-state index in [0.29, 0.717) is 11.4 Å². The number of hydrogen-bond acceptors (Lipinski definition) is 3. The summed E-state index contributed by atoms with van der Waals surface area (Å²) in [6.45, 7) is 4.12. The van der Waals surface area contributed by atoms with E-state index >= 15 is 0 Å². The van der Waals surface area contributed by atoms with Crippen LogP contribution in [0.25, 0.3) is 0 Å². The van der Waals surface area contributed by atoms with Crippen LogP contribution < -0.4 is 10.2 Å². The molecule has 0 fully saturated rings. The first-order valence-corrected chi connectivity index (χ1v) is 9.32. The van der Waals surface area contributed by atoms with Crippen molar-refractivity contribution in [2.75, 3.05) is 22.5 Å². The zero-order valence-electron chi connectivity index (χ0n) is 13.4. The van der Waals surface area contributed by atoms with Gasteiger partial charge in [-0.15, -0.1) is 11.8 Å². The summed E-state index contributed by atoms with van der Waals surface area (Å²) in [6, 6.07) is 11.5. The number of hydrogen-bond donors (Lipinski definition) is 1. The van der Waals surface area contributed by atoms with Crippen molar-refractivity contribution >= 4 is 50.9 Å². The normalized spacial score (nSPS) is 13.5. The highest BCUT2D eigenvalue weighted by molar-refractivity contribution is 9.10. The second-order valence-electron chi connectivity index (χ2n) is 5.70. The Kier molecular flexibility index (Phi) is 4.96. The molecule has 24 heavy (non-hydrogen) atoms. The molecule has 0 radical (unpaired) electrons. The fourth-order valence-corrected chi connectivity index (χ4v) is 4.02. The van der Waals surface area contributed by atoms with E-state index in [0.717, 1.165) is 26.2 Å². The highest BCUT2D eigenvalue weighted by Gasteiger charge is 2.26. The summed E-state index contributed by atoms with van der Waals surface area (Å²) in [4.78, 5) is 27.1. The average Bonchev–Trinajstić information content (AvgIpc) is 2.55. The number of carbonyl (C=O) groups excluding carboxylic acids is 2. The molecule has 1 heterocycles. The van der Waals surface area contributed by atoms with Crippen LogP contribution in [0.3, 0.4) is 0 Å². The third-order valence-electron chi connectivity index (χ3n) is 3.88. The molecule has 3 rings (SSSR count). The first-order valence-electron chi connectivity index (χ1n) is 7.54. The Morgan fingerprint density at radius 2 is 2.00 bits per heavy atom. The van der Waals surface area contributed by atoms with E-state index in [2.05, 4.69) is 33.4 Å². The van der Waals surface area contributed by atoms with Gasteiger partial charge in [-0.1, -0.05) is 28.1 Å². The Balaban J connectivity index is 1.76. The SMILES string of the molecule is Cc1cc(SCC(=O)N2CC(=O)Nc3ccccc32)c(C)cc1Br. The largest absolute Gasteiger partial charge is 0.323 e. The van der Waals surface area contributed by atoms with Crippen LogP contribution in [0.2, 0.25) is 0 Å². The van der Waals surface area contributed by atoms with E-state index < -0.39 is 0 Å². The Labute approximate surface area is 153 Å². The lowest BCUT2D eigenvalue weighted by molar-refractivity contribution is -0.120. The molecule has 124 valence electrons. The molecule has 0 saturated carbocycles. The smallest absolute Gasteiger partial charge is 0.244 e. The number of amides is 2. The van der Waals surface area contributed by atoms with Gasteiger partial charge < -0.3 is 10.2 Å². The fourth-order valence-electron chi connectivity index (χ4n) is 2.58. The van der Waals surface area contributed by atoms with Gasteiger partial charge >= 0.3 is 0 Å². The van der Waals surface area contributed by atoms with Crippen molar-refractivity contribution < 1.29 is 9.59 Å². The van der Waals surface area contributed by atoms with Crippen molar-refractivity contribution in [3.05, 3.63) is 52.0 Å². The number of fused-ring (bicyclic) bond motifs is 1. The molecule has 0 saturated heterocycles. The summed E-state index contributed by atoms with van der Waals surface area (Å²) >= 11 is 5.02. The molecule has 2 aromatic rings. The molecule has 1 N–H and O–H groups in total. The van der Waals surface area contributed by atoms with Gasteiger partial charge in [0.2, 0.25) is 11.8 Å². The number of rotatable bonds is 3. The second kappa shape index (κ2) is 6.99. The average molecular weight is 405 g/mol. The molecule has 0 aliphatic carbocycles. The lowest BCUT2D eigenvalue weighted by atomic mass is 10.2. The lowest BCUT2D eigenvalue weighted by Crippen LogP contribution is -2.43. The summed E-state index contributed by atoms with van der Waals surface area (Å²) in [5, 5.41) is 2.80. The fraction of sp³-hybridized carbons (Fsp3) is 0.222. The molecule has 0 spiro atoms. The van der Waals surface area contributed by atoms with Gasteiger partial charge in [0.05, 0.1) is 17.1 Å². The minimum atomic E-state index is -0.164. The number of benzene rings is 2. The first kappa shape index (κ1) is 17.0. The molecule has 0 bridgehead atoms. The number of aryl methyl sites for hydroxylation is 2. The maximum Gasteiger partial charge on any atom is 0.244 e. The Hall–Kier alpha value is -1.79. The van der Waals surface area contributed by atoms with E-state index in [4.69, 9.17) is 0 Å². The van der Waals surface area contributed by atoms with Crippen LogP contribution in [0.4, 0.5) is 11.4 Å². The lowest BCUT2D eigenvalue weighted by Gasteiger charge is -2.29. The van der Waals surface area contributed by atoms with Gasteiger partial charge in [-0.3, -0.25) is 9.59 Å². The van der Waals surface area contributed by atoms with Gasteiger partial charge in [0.15, 0.2) is 0 Å². The van der Waals surface area contributed by atoms with Gasteiger partial charge in [0, 0.05) is 9.37 Å². The quantitative estimate of drug-likeness (QED) is 0.781. The molecular formula is C18H17BrN2O2S. The molecule has 0 atom stereocenters. The Bertz CT molecular complexity index is 823. The second-order valence-corrected chi connectivity index (χ2v) is 7.57. The van der Waals surface area contributed by atoms with Crippen molar-refractivity contribution in [3.8, 4) is 0 Å². The molecular weight excluding hydrogens is 388 g/mol. The third-order valence-corrected chi connectivity index (χ3v) is 5.88. The Morgan fingerprint density at radius 1 is 1.25 bits per heavy atom. The van der Waals surface area contributed by atoms with Crippen molar-refractivity contribution in [2.45, 2.75) is 18.7 Å². The number of nitrogens with zero attached hydrogens (tertiary/aromatic N) is 1. The van der Waals surface area contributed by atoms with Crippen LogP contribution in [0, 0.1) is 13.8 Å². The number of thioether (sulfide) groups is 1. The zero-order chi connectivity index (χ0) is 17.3. The van der Waals surface area contributed by atoms with E-state index in [-0.39, 0.29) is 18.4 Å². The standard InChI is InChI=1S/C18H17BrN2O2S/c1-11-8-16(12(2)7-13(11)19)24-10-18(23)21-9-17(22)20-14-5-3-4-6-15(14)21/h3-8H,9-10H2,1-2H3,(H,20,22). The van der Waals surface area contributed by atoms with Gasteiger partial charge in [-0.25, -0.2) is 0 Å². The number of para-hydroxylation sites is 2. The van der Waals surface area contributed by atoms with E-state index in [9.17, 15) is 9.59 Å². The molecule has 1 aliphatic rings. The third kappa shape index (κ3) is 3.49. The van der Waals surface area contributed by atoms with Crippen LogP contribution in [0.15, 0.2) is 45.8 Å². The van der Waals surface area contributed by atoms with Crippen molar-refractivity contribution in [1.29, 1.82) is 0 Å². The van der Waals surface area contributed by atoms with Crippen molar-refractivity contribution in [3.63, 3.8) is 0 Å². The van der Waals surface area contributed by atoms with Crippen LogP contribution in [0.1, 0.15) is 11.1 Å². The molecule has 1 aliphatic heterocycles. The monoisotopic (exact) mass is 404 g/mol. The molecule has 2 amide bonds. The van der Waals surface area contributed by atoms with Crippen molar-refractivity contribution in [2.24, 2.45) is 0 Å². The van der Waals surface area contributed by atoms with E-state index in [1.807, 2.05) is 38.1 Å². The number of halogens is 1. The van der Waals surface area contributed by atoms with E-state index in [1.54, 1.807) is 4.90 Å². The van der Waals surface area contributed by atoms with E-state index in [1.165, 1.54) is 11.8 Å². The predicted molar refractivity (Wildman–Crippen MR) is 102 cm³/mol. The topological polar surface area (TPSA) is 49.4 Å². The van der Waals surface area contributed by atoms with Gasteiger partial charge in [-0.05, 0) is 49.2 Å². The maximum absolute atomic E-state index is 12.7. The summed E-state index contributed by atoms with van der Waals surface area (Å²) in [7, 11) is 0. The van der Waals surface area contributed by atoms with Crippen molar-refractivity contribution in [1.82, 2.24) is 0 Å². The highest BCUT2D eigenvalue weighted by atomic mass is 79.9. The van der Waals surface area contributed by atoms with Crippen LogP contribution in [-0.4, -0.2) is 24.1 Å². The molecule has 0 aromatic heterocycles. The molecule has 2 aromatic carbocycles. The summed E-state index contributed by atoms with van der Waals surface area (Å²) in [6.07, 6.45) is 0. The number of nitrogens with one attached hydrogen (secondary N) is 1.